The summed E-state index contributed by atoms with van der Waals surface area (Å²) >= 11 is 0. The van der Waals surface area contributed by atoms with Crippen LogP contribution < -0.4 is 5.32 Å². The Bertz CT molecular complexity index is 1130. The quantitative estimate of drug-likeness (QED) is 0.541. The van der Waals surface area contributed by atoms with Crippen molar-refractivity contribution < 1.29 is 15.0 Å². The molecular formula is C23H19NO3. The fraction of sp³-hybridized carbons (Fsp3) is 0.174. The Balaban J connectivity index is 1.77. The van der Waals surface area contributed by atoms with E-state index in [-0.39, 0.29) is 23.3 Å². The molecule has 0 bridgehead atoms. The van der Waals surface area contributed by atoms with Crippen LogP contribution in [0.5, 0.6) is 11.5 Å². The van der Waals surface area contributed by atoms with Gasteiger partial charge in [-0.25, -0.2) is 0 Å². The number of fused-ring (bicyclic) bond motifs is 4. The summed E-state index contributed by atoms with van der Waals surface area (Å²) in [7, 11) is 0. The van der Waals surface area contributed by atoms with E-state index in [2.05, 4.69) is 29.6 Å². The van der Waals surface area contributed by atoms with Crippen LogP contribution in [0.15, 0.2) is 60.2 Å². The molecule has 1 aliphatic heterocycles. The van der Waals surface area contributed by atoms with Gasteiger partial charge in [0.2, 0.25) is 0 Å². The molecule has 4 heteroatoms. The van der Waals surface area contributed by atoms with Crippen LogP contribution in [-0.4, -0.2) is 16.0 Å². The van der Waals surface area contributed by atoms with Crippen molar-refractivity contribution in [2.45, 2.75) is 25.3 Å². The molecule has 1 atom stereocenters. The van der Waals surface area contributed by atoms with Crippen LogP contribution in [0.2, 0.25) is 0 Å². The third-order valence-electron chi connectivity index (χ3n) is 5.61. The Morgan fingerprint density at radius 3 is 2.63 bits per heavy atom. The highest BCUT2D eigenvalue weighted by molar-refractivity contribution is 6.12. The summed E-state index contributed by atoms with van der Waals surface area (Å²) in [6.07, 6.45) is 2.26. The molecular weight excluding hydrogens is 338 g/mol. The molecule has 0 amide bonds. The van der Waals surface area contributed by atoms with Crippen molar-refractivity contribution in [3.05, 3.63) is 71.3 Å². The number of hydrogen-bond donors (Lipinski definition) is 3. The van der Waals surface area contributed by atoms with Crippen LogP contribution in [0.25, 0.3) is 16.3 Å². The summed E-state index contributed by atoms with van der Waals surface area (Å²) in [6, 6.07) is 16.8. The average molecular weight is 357 g/mol. The molecule has 0 saturated carbocycles. The summed E-state index contributed by atoms with van der Waals surface area (Å²) in [4.78, 5) is 12.9. The number of rotatable bonds is 1. The van der Waals surface area contributed by atoms with Crippen LogP contribution in [0, 0.1) is 0 Å². The topological polar surface area (TPSA) is 69.6 Å². The fourth-order valence-electron chi connectivity index (χ4n) is 4.37. The van der Waals surface area contributed by atoms with Gasteiger partial charge in [-0.1, -0.05) is 36.4 Å². The van der Waals surface area contributed by atoms with Gasteiger partial charge in [-0.3, -0.25) is 4.79 Å². The number of phenols is 2. The fourth-order valence-corrected chi connectivity index (χ4v) is 4.37. The molecule has 1 aliphatic carbocycles. The summed E-state index contributed by atoms with van der Waals surface area (Å²) in [5, 5.41) is 25.4. The highest BCUT2D eigenvalue weighted by Crippen LogP contribution is 2.48. The molecule has 4 nitrogen and oxygen atoms in total. The zero-order valence-corrected chi connectivity index (χ0v) is 14.7. The number of carbonyl (C=O) groups is 1. The Hall–Kier alpha value is -3.27. The van der Waals surface area contributed by atoms with Gasteiger partial charge in [0, 0.05) is 23.2 Å². The first-order valence-electron chi connectivity index (χ1n) is 9.20. The largest absolute Gasteiger partial charge is 0.504 e. The van der Waals surface area contributed by atoms with E-state index in [0.717, 1.165) is 51.6 Å². The minimum atomic E-state index is -0.326. The summed E-state index contributed by atoms with van der Waals surface area (Å²) in [6.45, 7) is 0. The van der Waals surface area contributed by atoms with Gasteiger partial charge in [0.05, 0.1) is 6.04 Å². The van der Waals surface area contributed by atoms with E-state index in [4.69, 9.17) is 0 Å². The lowest BCUT2D eigenvalue weighted by Gasteiger charge is -2.35. The molecule has 0 radical (unpaired) electrons. The Morgan fingerprint density at radius 2 is 1.78 bits per heavy atom. The number of phenolic OH excluding ortho intramolecular Hbond substituents is 2. The second-order valence-corrected chi connectivity index (χ2v) is 7.20. The zero-order chi connectivity index (χ0) is 18.5. The first kappa shape index (κ1) is 15.9. The number of aromatic hydroxyl groups is 2. The van der Waals surface area contributed by atoms with Gasteiger partial charge in [0.1, 0.15) is 0 Å². The monoisotopic (exact) mass is 357 g/mol. The molecule has 0 saturated heterocycles. The van der Waals surface area contributed by atoms with Crippen molar-refractivity contribution in [1.29, 1.82) is 0 Å². The van der Waals surface area contributed by atoms with Crippen molar-refractivity contribution in [1.82, 2.24) is 0 Å². The lowest BCUT2D eigenvalue weighted by Crippen LogP contribution is -2.27. The standard InChI is InChI=1S/C23H19NO3/c25-18-11-9-14(12-20(18)27)23-22-16(6-3-7-19(22)26)21-15-5-2-1-4-13(15)8-10-17(21)24-23/h1-2,4-5,8-12,23-25,27H,3,6-7H2/t23-/m0/s1. The third kappa shape index (κ3) is 2.40. The summed E-state index contributed by atoms with van der Waals surface area (Å²) < 4.78 is 0. The predicted octanol–water partition coefficient (Wildman–Crippen LogP) is 4.92. The molecule has 0 fully saturated rings. The number of anilines is 1. The minimum absolute atomic E-state index is 0.153. The molecule has 1 heterocycles. The van der Waals surface area contributed by atoms with Crippen molar-refractivity contribution in [2.24, 2.45) is 0 Å². The average Bonchev–Trinajstić information content (AvgIpc) is 2.69. The molecule has 0 spiro atoms. The van der Waals surface area contributed by atoms with Crippen LogP contribution >= 0.6 is 0 Å². The maximum atomic E-state index is 12.9. The normalized spacial score (nSPS) is 18.8. The molecule has 5 rings (SSSR count). The third-order valence-corrected chi connectivity index (χ3v) is 5.61. The number of nitrogens with one attached hydrogen (secondary N) is 1. The van der Waals surface area contributed by atoms with E-state index >= 15 is 0 Å². The number of Topliss-reactive ketones (excluding diaryl/α,β-unsaturated/α-hetero) is 1. The predicted molar refractivity (Wildman–Crippen MR) is 106 cm³/mol. The molecule has 3 N–H and O–H groups in total. The number of ketones is 1. The van der Waals surface area contributed by atoms with Crippen LogP contribution in [0.1, 0.15) is 36.4 Å². The minimum Gasteiger partial charge on any atom is -0.504 e. The Morgan fingerprint density at radius 1 is 0.926 bits per heavy atom. The van der Waals surface area contributed by atoms with Gasteiger partial charge < -0.3 is 15.5 Å². The molecule has 3 aromatic carbocycles. The SMILES string of the molecule is O=C1CCCC2=C1[C@H](c1ccc(O)c(O)c1)Nc1ccc3ccccc3c12. The van der Waals surface area contributed by atoms with Crippen molar-refractivity contribution in [3.63, 3.8) is 0 Å². The van der Waals surface area contributed by atoms with Crippen LogP contribution in [-0.2, 0) is 4.79 Å². The van der Waals surface area contributed by atoms with Gasteiger partial charge in [-0.05, 0) is 52.9 Å². The molecule has 2 aliphatic rings. The van der Waals surface area contributed by atoms with E-state index in [1.807, 2.05) is 12.1 Å². The van der Waals surface area contributed by atoms with Gasteiger partial charge in [0.15, 0.2) is 17.3 Å². The van der Waals surface area contributed by atoms with E-state index in [9.17, 15) is 15.0 Å². The lowest BCUT2D eigenvalue weighted by molar-refractivity contribution is -0.116. The van der Waals surface area contributed by atoms with Crippen molar-refractivity contribution in [3.8, 4) is 11.5 Å². The van der Waals surface area contributed by atoms with Crippen LogP contribution in [0.4, 0.5) is 5.69 Å². The van der Waals surface area contributed by atoms with Crippen LogP contribution in [0.3, 0.4) is 0 Å². The van der Waals surface area contributed by atoms with E-state index in [1.165, 1.54) is 12.1 Å². The van der Waals surface area contributed by atoms with E-state index in [0.29, 0.717) is 6.42 Å². The van der Waals surface area contributed by atoms with Gasteiger partial charge in [-0.15, -0.1) is 0 Å². The molecule has 3 aromatic rings. The number of carbonyl (C=O) groups excluding carboxylic acids is 1. The highest BCUT2D eigenvalue weighted by atomic mass is 16.3. The van der Waals surface area contributed by atoms with Crippen molar-refractivity contribution >= 4 is 27.8 Å². The summed E-state index contributed by atoms with van der Waals surface area (Å²) in [5.74, 6) is -0.186. The number of allylic oxidation sites excluding steroid dienone is 1. The van der Waals surface area contributed by atoms with Crippen molar-refractivity contribution in [2.75, 3.05) is 5.32 Å². The summed E-state index contributed by atoms with van der Waals surface area (Å²) in [5.41, 5.74) is 4.78. The molecule has 0 unspecified atom stereocenters. The molecule has 27 heavy (non-hydrogen) atoms. The van der Waals surface area contributed by atoms with E-state index in [1.54, 1.807) is 6.07 Å². The maximum Gasteiger partial charge on any atom is 0.161 e. The molecule has 0 aromatic heterocycles. The number of hydrogen-bond acceptors (Lipinski definition) is 4. The second kappa shape index (κ2) is 5.88. The second-order valence-electron chi connectivity index (χ2n) is 7.20. The smallest absolute Gasteiger partial charge is 0.161 e. The Kier molecular flexibility index (Phi) is 3.47. The van der Waals surface area contributed by atoms with E-state index < -0.39 is 0 Å². The Labute approximate surface area is 156 Å². The van der Waals surface area contributed by atoms with Gasteiger partial charge in [0.25, 0.3) is 0 Å². The first-order valence-corrected chi connectivity index (χ1v) is 9.20. The van der Waals surface area contributed by atoms with Gasteiger partial charge >= 0.3 is 0 Å². The van der Waals surface area contributed by atoms with Gasteiger partial charge in [-0.2, -0.15) is 0 Å². The maximum absolute atomic E-state index is 12.9. The lowest BCUT2D eigenvalue weighted by atomic mass is 9.77. The zero-order valence-electron chi connectivity index (χ0n) is 14.7. The highest BCUT2D eigenvalue weighted by Gasteiger charge is 2.35. The molecule has 134 valence electrons. The first-order chi connectivity index (χ1) is 13.1. The number of benzene rings is 3.